The van der Waals surface area contributed by atoms with Gasteiger partial charge in [-0.05, 0) is 19.4 Å². The van der Waals surface area contributed by atoms with Gasteiger partial charge >= 0.3 is 6.03 Å². The molecule has 0 aromatic rings. The molecule has 0 radical (unpaired) electrons. The summed E-state index contributed by atoms with van der Waals surface area (Å²) >= 11 is 0. The lowest BCUT2D eigenvalue weighted by atomic mass is 9.92. The Hall–Kier alpha value is -0.810. The number of β-amino-alcohol motifs (C(OH)–C–C–N with tert-alkyl or cyclic N) is 1. The van der Waals surface area contributed by atoms with Gasteiger partial charge in [-0.2, -0.15) is 0 Å². The van der Waals surface area contributed by atoms with Crippen LogP contribution in [0.4, 0.5) is 4.79 Å². The van der Waals surface area contributed by atoms with Crippen LogP contribution in [0, 0.1) is 0 Å². The molecule has 114 valence electrons. The second-order valence-electron chi connectivity index (χ2n) is 4.81. The smallest absolute Gasteiger partial charge is 0.317 e. The van der Waals surface area contributed by atoms with E-state index in [0.717, 1.165) is 32.5 Å². The van der Waals surface area contributed by atoms with Crippen molar-refractivity contribution in [1.29, 1.82) is 0 Å². The molecule has 2 heterocycles. The third-order valence-corrected chi connectivity index (χ3v) is 3.13. The van der Waals surface area contributed by atoms with Gasteiger partial charge in [0, 0.05) is 19.6 Å². The second-order valence-corrected chi connectivity index (χ2v) is 4.81. The van der Waals surface area contributed by atoms with E-state index in [4.69, 9.17) is 5.11 Å². The minimum Gasteiger partial charge on any atom is -0.395 e. The van der Waals surface area contributed by atoms with Gasteiger partial charge < -0.3 is 20.6 Å². The predicted octanol–water partition coefficient (Wildman–Crippen LogP) is 1.57. The fourth-order valence-electron chi connectivity index (χ4n) is 2.22. The minimum atomic E-state index is -0.0333. The number of hydrogen-bond donors (Lipinski definition) is 3. The summed E-state index contributed by atoms with van der Waals surface area (Å²) in [6, 6.07) is -0.0333. The van der Waals surface area contributed by atoms with Gasteiger partial charge in [0.15, 0.2) is 0 Å². The molecule has 3 N–H and O–H groups in total. The van der Waals surface area contributed by atoms with Gasteiger partial charge in [0.2, 0.25) is 0 Å². The van der Waals surface area contributed by atoms with Crippen LogP contribution in [0.5, 0.6) is 0 Å². The molecule has 2 fully saturated rings. The highest BCUT2D eigenvalue weighted by molar-refractivity contribution is 5.76. The predicted molar refractivity (Wildman–Crippen MR) is 79.3 cm³/mol. The normalized spacial score (nSPS) is 25.1. The van der Waals surface area contributed by atoms with Crippen molar-refractivity contribution in [2.45, 2.75) is 52.5 Å². The molecule has 0 aliphatic carbocycles. The highest BCUT2D eigenvalue weighted by Crippen LogP contribution is 2.23. The number of aliphatic hydroxyl groups excluding tert-OH is 1. The third-order valence-electron chi connectivity index (χ3n) is 3.13. The zero-order valence-corrected chi connectivity index (χ0v) is 13.0. The second kappa shape index (κ2) is 10.0. The van der Waals surface area contributed by atoms with Crippen LogP contribution < -0.4 is 10.6 Å². The number of rotatable bonds is 2. The number of amides is 2. The summed E-state index contributed by atoms with van der Waals surface area (Å²) in [6.45, 7) is 11.4. The fraction of sp³-hybridized carbons (Fsp3) is 0.929. The first kappa shape index (κ1) is 18.2. The van der Waals surface area contributed by atoms with Crippen molar-refractivity contribution in [2.24, 2.45) is 0 Å². The molecule has 19 heavy (non-hydrogen) atoms. The van der Waals surface area contributed by atoms with E-state index in [2.05, 4.69) is 24.5 Å². The molecule has 0 saturated carbocycles. The Morgan fingerprint density at radius 2 is 1.95 bits per heavy atom. The molecule has 2 saturated heterocycles. The van der Waals surface area contributed by atoms with Crippen molar-refractivity contribution in [3.8, 4) is 0 Å². The van der Waals surface area contributed by atoms with Crippen LogP contribution in [-0.4, -0.2) is 54.4 Å². The number of nitrogens with one attached hydrogen (secondary N) is 2. The van der Waals surface area contributed by atoms with Crippen molar-refractivity contribution >= 4 is 6.03 Å². The maximum absolute atomic E-state index is 11.6. The van der Waals surface area contributed by atoms with E-state index in [9.17, 15) is 4.79 Å². The quantitative estimate of drug-likeness (QED) is 0.715. The lowest BCUT2D eigenvalue weighted by Gasteiger charge is -2.39. The van der Waals surface area contributed by atoms with Crippen molar-refractivity contribution in [3.05, 3.63) is 0 Å². The van der Waals surface area contributed by atoms with Crippen LogP contribution in [-0.2, 0) is 0 Å². The van der Waals surface area contributed by atoms with Gasteiger partial charge in [0.25, 0.3) is 0 Å². The van der Waals surface area contributed by atoms with Gasteiger partial charge in [-0.25, -0.2) is 4.79 Å². The zero-order chi connectivity index (χ0) is 14.7. The highest BCUT2D eigenvalue weighted by Gasteiger charge is 2.39. The monoisotopic (exact) mass is 273 g/mol. The van der Waals surface area contributed by atoms with E-state index in [1.807, 2.05) is 13.8 Å². The maximum atomic E-state index is 11.6. The van der Waals surface area contributed by atoms with Crippen LogP contribution in [0.2, 0.25) is 0 Å². The Morgan fingerprint density at radius 3 is 2.37 bits per heavy atom. The van der Waals surface area contributed by atoms with Gasteiger partial charge in [-0.15, -0.1) is 0 Å². The molecule has 2 rings (SSSR count). The number of hydrogen-bond acceptors (Lipinski definition) is 3. The van der Waals surface area contributed by atoms with Gasteiger partial charge in [-0.1, -0.05) is 34.1 Å². The molecule has 0 bridgehead atoms. The van der Waals surface area contributed by atoms with Gasteiger partial charge in [0.05, 0.1) is 12.1 Å². The Labute approximate surface area is 117 Å². The topological polar surface area (TPSA) is 64.6 Å². The Morgan fingerprint density at radius 1 is 1.32 bits per heavy atom. The van der Waals surface area contributed by atoms with Crippen LogP contribution >= 0.6 is 0 Å². The van der Waals surface area contributed by atoms with E-state index in [0.29, 0.717) is 6.54 Å². The lowest BCUT2D eigenvalue weighted by molar-refractivity contribution is 0.136. The first-order chi connectivity index (χ1) is 9.17. The summed E-state index contributed by atoms with van der Waals surface area (Å²) in [4.78, 5) is 13.3. The molecule has 0 aromatic heterocycles. The van der Waals surface area contributed by atoms with Gasteiger partial charge in [0.1, 0.15) is 0 Å². The molecular weight excluding hydrogens is 242 g/mol. The average molecular weight is 273 g/mol. The van der Waals surface area contributed by atoms with Crippen molar-refractivity contribution < 1.29 is 9.90 Å². The Bertz CT molecular complexity index is 241. The van der Waals surface area contributed by atoms with E-state index >= 15 is 0 Å². The number of nitrogens with zero attached hydrogens (tertiary/aromatic N) is 1. The number of aliphatic hydroxyl groups is 1. The van der Waals surface area contributed by atoms with Crippen LogP contribution in [0.15, 0.2) is 0 Å². The first-order valence-corrected chi connectivity index (χ1v) is 7.56. The lowest BCUT2D eigenvalue weighted by Crippen LogP contribution is -2.61. The average Bonchev–Trinajstić information content (AvgIpc) is 2.85. The summed E-state index contributed by atoms with van der Waals surface area (Å²) in [7, 11) is 0. The van der Waals surface area contributed by atoms with E-state index in [1.54, 1.807) is 4.90 Å². The van der Waals surface area contributed by atoms with Crippen molar-refractivity contribution in [1.82, 2.24) is 15.5 Å². The molecule has 2 aliphatic heterocycles. The molecule has 1 atom stereocenters. The summed E-state index contributed by atoms with van der Waals surface area (Å²) in [5, 5.41) is 15.1. The van der Waals surface area contributed by atoms with E-state index < -0.39 is 0 Å². The third kappa shape index (κ3) is 5.78. The molecule has 1 unspecified atom stereocenters. The number of urea groups is 1. The molecule has 2 amide bonds. The molecule has 5 heteroatoms. The maximum Gasteiger partial charge on any atom is 0.317 e. The molecule has 5 nitrogen and oxygen atoms in total. The number of carbonyl (C=O) groups excluding carboxylic acids is 1. The summed E-state index contributed by atoms with van der Waals surface area (Å²) < 4.78 is 0. The summed E-state index contributed by atoms with van der Waals surface area (Å²) in [6.07, 6.45) is 3.25. The Kier molecular flexibility index (Phi) is 9.61. The zero-order valence-electron chi connectivity index (χ0n) is 13.0. The highest BCUT2D eigenvalue weighted by atomic mass is 16.3. The van der Waals surface area contributed by atoms with Gasteiger partial charge in [-0.3, -0.25) is 0 Å². The molecular formula is C14H31N3O2. The summed E-state index contributed by atoms with van der Waals surface area (Å²) in [5.74, 6) is 0. The molecule has 0 aromatic carbocycles. The SMILES string of the molecule is CC.CCC.O=C1NC2(CCNC2)CCN1CCO. The molecule has 2 aliphatic rings. The van der Waals surface area contributed by atoms with Crippen LogP contribution in [0.25, 0.3) is 0 Å². The van der Waals surface area contributed by atoms with Crippen LogP contribution in [0.1, 0.15) is 47.0 Å². The standard InChI is InChI=1S/C9H17N3O2.C3H8.C2H6/c13-6-5-12-4-2-9(11-8(12)14)1-3-10-7-9;1-3-2;1-2/h10,13H,1-7H2,(H,11,14);3H2,1-2H3;1-2H3. The van der Waals surface area contributed by atoms with Crippen molar-refractivity contribution in [3.63, 3.8) is 0 Å². The fourth-order valence-corrected chi connectivity index (χ4v) is 2.22. The first-order valence-electron chi connectivity index (χ1n) is 7.56. The largest absolute Gasteiger partial charge is 0.395 e. The summed E-state index contributed by atoms with van der Waals surface area (Å²) in [5.41, 5.74) is -0.0109. The Balaban J connectivity index is 0.000000573. The van der Waals surface area contributed by atoms with Crippen LogP contribution in [0.3, 0.4) is 0 Å². The number of carbonyl (C=O) groups is 1. The van der Waals surface area contributed by atoms with Crippen molar-refractivity contribution in [2.75, 3.05) is 32.8 Å². The minimum absolute atomic E-state index is 0.0109. The van der Waals surface area contributed by atoms with E-state index in [1.165, 1.54) is 6.42 Å². The van der Waals surface area contributed by atoms with E-state index in [-0.39, 0.29) is 18.2 Å². The molecule has 1 spiro atoms.